The van der Waals surface area contributed by atoms with E-state index in [0.717, 1.165) is 12.5 Å². The van der Waals surface area contributed by atoms with Gasteiger partial charge in [-0.2, -0.15) is 0 Å². The largest absolute Gasteiger partial charge is 0.476 e. The smallest absolute Gasteiger partial charge is 0.356 e. The lowest BCUT2D eigenvalue weighted by atomic mass is 10.3. The average Bonchev–Trinajstić information content (AvgIpc) is 2.15. The van der Waals surface area contributed by atoms with Gasteiger partial charge in [0, 0.05) is 6.26 Å². The molecule has 1 aromatic rings. The lowest BCUT2D eigenvalue weighted by Crippen LogP contribution is -2.14. The number of nitrogens with zero attached hydrogens (tertiary/aromatic N) is 2. The summed E-state index contributed by atoms with van der Waals surface area (Å²) in [5, 5.41) is 7.65. The van der Waals surface area contributed by atoms with Crippen molar-refractivity contribution >= 4 is 27.4 Å². The molecule has 8 heteroatoms. The maximum Gasteiger partial charge on any atom is 0.356 e. The van der Waals surface area contributed by atoms with E-state index >= 15 is 0 Å². The van der Waals surface area contributed by atoms with Gasteiger partial charge in [-0.15, -0.1) is 0 Å². The van der Waals surface area contributed by atoms with Gasteiger partial charge in [-0.1, -0.05) is 11.6 Å². The summed E-state index contributed by atoms with van der Waals surface area (Å²) in [6, 6.07) is 0. The number of carbonyl (C=O) groups is 1. The van der Waals surface area contributed by atoms with E-state index in [2.05, 4.69) is 9.97 Å². The number of aromatic carboxylic acids is 1. The molecule has 1 rings (SSSR count). The number of hydrogen-bond acceptors (Lipinski definition) is 5. The first-order chi connectivity index (χ1) is 7.23. The van der Waals surface area contributed by atoms with Gasteiger partial charge in [0.05, 0.1) is 11.2 Å². The second-order valence-corrected chi connectivity index (χ2v) is 5.98. The van der Waals surface area contributed by atoms with E-state index in [1.54, 1.807) is 0 Å². The summed E-state index contributed by atoms with van der Waals surface area (Å²) < 4.78 is 22.5. The number of carboxylic acid groups (broad SMARTS) is 1. The zero-order valence-electron chi connectivity index (χ0n) is 8.51. The Kier molecular flexibility index (Phi) is 3.49. The van der Waals surface area contributed by atoms with Crippen LogP contribution in [0.4, 0.5) is 0 Å². The molecule has 0 fully saturated rings. The van der Waals surface area contributed by atoms with E-state index in [-0.39, 0.29) is 10.8 Å². The molecule has 0 bridgehead atoms. The van der Waals surface area contributed by atoms with Crippen LogP contribution in [0.3, 0.4) is 0 Å². The van der Waals surface area contributed by atoms with Crippen LogP contribution < -0.4 is 0 Å². The first-order valence-electron chi connectivity index (χ1n) is 4.18. The van der Waals surface area contributed by atoms with Crippen molar-refractivity contribution in [2.45, 2.75) is 12.2 Å². The number of carboxylic acids is 1. The van der Waals surface area contributed by atoms with E-state index in [1.165, 1.54) is 6.92 Å². The van der Waals surface area contributed by atoms with Crippen LogP contribution in [-0.4, -0.2) is 35.7 Å². The van der Waals surface area contributed by atoms with Gasteiger partial charge in [-0.25, -0.2) is 23.2 Å². The summed E-state index contributed by atoms with van der Waals surface area (Å²) in [7, 11) is -3.37. The predicted octanol–water partition coefficient (Wildman–Crippen LogP) is 0.934. The minimum atomic E-state index is -3.37. The molecule has 0 amide bonds. The third-order valence-electron chi connectivity index (χ3n) is 1.97. The maximum absolute atomic E-state index is 11.2. The molecule has 0 aliphatic rings. The topological polar surface area (TPSA) is 97.2 Å². The molecule has 0 saturated carbocycles. The van der Waals surface area contributed by atoms with Crippen LogP contribution in [0.25, 0.3) is 0 Å². The van der Waals surface area contributed by atoms with Gasteiger partial charge in [-0.05, 0) is 6.92 Å². The van der Waals surface area contributed by atoms with Gasteiger partial charge >= 0.3 is 5.97 Å². The highest BCUT2D eigenvalue weighted by Crippen LogP contribution is 2.20. The minimum Gasteiger partial charge on any atom is -0.476 e. The summed E-state index contributed by atoms with van der Waals surface area (Å²) in [6.45, 7) is 1.38. The Labute approximate surface area is 97.2 Å². The molecular formula is C8H9ClN2O4S. The fourth-order valence-electron chi connectivity index (χ4n) is 0.918. The van der Waals surface area contributed by atoms with Crippen molar-refractivity contribution in [3.8, 4) is 0 Å². The fraction of sp³-hybridized carbons (Fsp3) is 0.375. The molecule has 88 valence electrons. The molecule has 16 heavy (non-hydrogen) atoms. The van der Waals surface area contributed by atoms with Crippen molar-refractivity contribution in [2.24, 2.45) is 0 Å². The highest BCUT2D eigenvalue weighted by Gasteiger charge is 2.22. The quantitative estimate of drug-likeness (QED) is 0.872. The van der Waals surface area contributed by atoms with E-state index < -0.39 is 26.8 Å². The Bertz CT molecular complexity index is 529. The van der Waals surface area contributed by atoms with Crippen molar-refractivity contribution in [3.05, 3.63) is 22.7 Å². The molecule has 0 aliphatic heterocycles. The molecule has 0 aliphatic carbocycles. The third kappa shape index (κ3) is 2.67. The van der Waals surface area contributed by atoms with Crippen LogP contribution in [-0.2, 0) is 9.84 Å². The van der Waals surface area contributed by atoms with Crippen molar-refractivity contribution in [3.63, 3.8) is 0 Å². The number of rotatable bonds is 3. The summed E-state index contributed by atoms with van der Waals surface area (Å²) in [5.74, 6) is -1.40. The van der Waals surface area contributed by atoms with Gasteiger partial charge < -0.3 is 5.11 Å². The lowest BCUT2D eigenvalue weighted by Gasteiger charge is -2.08. The fourth-order valence-corrected chi connectivity index (χ4v) is 1.59. The van der Waals surface area contributed by atoms with Crippen LogP contribution in [0.1, 0.15) is 28.5 Å². The Morgan fingerprint density at radius 2 is 2.12 bits per heavy atom. The number of aromatic nitrogens is 2. The number of sulfone groups is 1. The van der Waals surface area contributed by atoms with Gasteiger partial charge in [0.1, 0.15) is 11.1 Å². The van der Waals surface area contributed by atoms with Crippen LogP contribution in [0.5, 0.6) is 0 Å². The highest BCUT2D eigenvalue weighted by atomic mass is 35.5. The molecule has 1 heterocycles. The van der Waals surface area contributed by atoms with Gasteiger partial charge in [0.15, 0.2) is 15.5 Å². The van der Waals surface area contributed by atoms with Crippen LogP contribution in [0.2, 0.25) is 5.02 Å². The van der Waals surface area contributed by atoms with Gasteiger partial charge in [0.25, 0.3) is 0 Å². The average molecular weight is 265 g/mol. The van der Waals surface area contributed by atoms with Crippen molar-refractivity contribution in [1.29, 1.82) is 0 Å². The van der Waals surface area contributed by atoms with E-state index in [9.17, 15) is 13.2 Å². The van der Waals surface area contributed by atoms with Crippen LogP contribution in [0, 0.1) is 0 Å². The van der Waals surface area contributed by atoms with Crippen LogP contribution in [0.15, 0.2) is 6.20 Å². The molecule has 1 atom stereocenters. The number of halogens is 1. The van der Waals surface area contributed by atoms with Gasteiger partial charge in [0.2, 0.25) is 0 Å². The first-order valence-corrected chi connectivity index (χ1v) is 6.51. The second kappa shape index (κ2) is 4.34. The summed E-state index contributed by atoms with van der Waals surface area (Å²) in [4.78, 5) is 18.0. The Balaban J connectivity index is 3.29. The van der Waals surface area contributed by atoms with Crippen molar-refractivity contribution in [1.82, 2.24) is 9.97 Å². The van der Waals surface area contributed by atoms with E-state index in [4.69, 9.17) is 16.7 Å². The zero-order chi connectivity index (χ0) is 12.5. The molecule has 0 saturated heterocycles. The molecule has 1 unspecified atom stereocenters. The van der Waals surface area contributed by atoms with Crippen molar-refractivity contribution in [2.75, 3.05) is 6.26 Å². The third-order valence-corrected chi connectivity index (χ3v) is 3.74. The molecule has 0 aromatic carbocycles. The summed E-state index contributed by atoms with van der Waals surface area (Å²) >= 11 is 5.55. The Morgan fingerprint density at radius 3 is 2.56 bits per heavy atom. The van der Waals surface area contributed by atoms with Crippen LogP contribution >= 0.6 is 11.6 Å². The maximum atomic E-state index is 11.2. The minimum absolute atomic E-state index is 0.0794. The lowest BCUT2D eigenvalue weighted by molar-refractivity contribution is 0.0690. The predicted molar refractivity (Wildman–Crippen MR) is 57.3 cm³/mol. The van der Waals surface area contributed by atoms with Gasteiger partial charge in [-0.3, -0.25) is 0 Å². The molecule has 1 N–H and O–H groups in total. The Morgan fingerprint density at radius 1 is 1.56 bits per heavy atom. The number of hydrogen-bond donors (Lipinski definition) is 1. The summed E-state index contributed by atoms with van der Waals surface area (Å²) in [6.07, 6.45) is 2.10. The molecule has 6 nitrogen and oxygen atoms in total. The zero-order valence-corrected chi connectivity index (χ0v) is 10.1. The Hall–Kier alpha value is -1.21. The van der Waals surface area contributed by atoms with E-state index in [0.29, 0.717) is 0 Å². The summed E-state index contributed by atoms with van der Waals surface area (Å²) in [5.41, 5.74) is -0.401. The molecule has 0 radical (unpaired) electrons. The second-order valence-electron chi connectivity index (χ2n) is 3.20. The monoisotopic (exact) mass is 264 g/mol. The normalized spacial score (nSPS) is 13.4. The highest BCUT2D eigenvalue weighted by molar-refractivity contribution is 7.90. The molecular weight excluding hydrogens is 256 g/mol. The molecule has 0 spiro atoms. The van der Waals surface area contributed by atoms with E-state index in [1.807, 2.05) is 0 Å². The SMILES string of the molecule is CC(c1ncc(Cl)c(C(=O)O)n1)S(C)(=O)=O. The first kappa shape index (κ1) is 12.9. The molecule has 1 aromatic heterocycles. The van der Waals surface area contributed by atoms with Crippen molar-refractivity contribution < 1.29 is 18.3 Å². The standard InChI is InChI=1S/C8H9ClN2O4S/c1-4(16(2,14)15)7-10-3-5(9)6(11-7)8(12)13/h3-4H,1-2H3,(H,12,13).